The van der Waals surface area contributed by atoms with E-state index in [2.05, 4.69) is 25.3 Å². The van der Waals surface area contributed by atoms with Crippen molar-refractivity contribution in [3.05, 3.63) is 25.3 Å². The first-order valence-electron chi connectivity index (χ1n) is 11.5. The SMILES string of the molecule is C=C.CCOCC.C[SiH]1O[SiH](C)O[Si](C)(OC(=O)C2CC3C=CC2C3)O[SiH](C)O1.OCCO. The summed E-state index contributed by atoms with van der Waals surface area (Å²) in [5.41, 5.74) is 0. The number of hydrogen-bond donors (Lipinski definition) is 2. The van der Waals surface area contributed by atoms with Gasteiger partial charge in [0, 0.05) is 19.8 Å². The molecular formula is C20H44O9Si4. The molecule has 1 heterocycles. The van der Waals surface area contributed by atoms with E-state index < -0.39 is 36.7 Å². The van der Waals surface area contributed by atoms with Crippen molar-refractivity contribution in [1.29, 1.82) is 0 Å². The molecule has 5 unspecified atom stereocenters. The van der Waals surface area contributed by atoms with Gasteiger partial charge in [-0.05, 0) is 58.2 Å². The van der Waals surface area contributed by atoms with Crippen LogP contribution in [0.2, 0.25) is 26.2 Å². The molecule has 2 fully saturated rings. The number of hydrogen-bond acceptors (Lipinski definition) is 9. The van der Waals surface area contributed by atoms with Gasteiger partial charge in [-0.3, -0.25) is 4.79 Å². The molecule has 1 aliphatic heterocycles. The molecule has 194 valence electrons. The van der Waals surface area contributed by atoms with Crippen LogP contribution >= 0.6 is 0 Å². The average molecular weight is 541 g/mol. The number of fused-ring (bicyclic) bond motifs is 2. The molecule has 3 aliphatic rings. The lowest BCUT2D eigenvalue weighted by Crippen LogP contribution is -2.56. The first kappa shape index (κ1) is 32.5. The van der Waals surface area contributed by atoms with Gasteiger partial charge in [-0.25, -0.2) is 0 Å². The van der Waals surface area contributed by atoms with Gasteiger partial charge in [0.1, 0.15) is 0 Å². The molecule has 0 aromatic carbocycles. The van der Waals surface area contributed by atoms with E-state index in [-0.39, 0.29) is 25.1 Å². The van der Waals surface area contributed by atoms with Crippen LogP contribution in [0.4, 0.5) is 0 Å². The van der Waals surface area contributed by atoms with Crippen molar-refractivity contribution in [3.8, 4) is 0 Å². The Morgan fingerprint density at radius 1 is 1.00 bits per heavy atom. The lowest BCUT2D eigenvalue weighted by Gasteiger charge is -2.36. The maximum absolute atomic E-state index is 12.6. The minimum Gasteiger partial charge on any atom is -0.474 e. The first-order valence-corrected chi connectivity index (χ1v) is 20.1. The number of aliphatic hydroxyl groups excluding tert-OH is 2. The number of ether oxygens (including phenoxy) is 1. The van der Waals surface area contributed by atoms with Gasteiger partial charge in [-0.15, -0.1) is 13.2 Å². The molecule has 1 saturated heterocycles. The van der Waals surface area contributed by atoms with Crippen molar-refractivity contribution < 1.29 is 40.6 Å². The Labute approximate surface area is 205 Å². The smallest absolute Gasteiger partial charge is 0.474 e. The second-order valence-corrected chi connectivity index (χ2v) is 17.0. The van der Waals surface area contributed by atoms with Crippen LogP contribution in [-0.4, -0.2) is 79.3 Å². The topological polar surface area (TPSA) is 113 Å². The van der Waals surface area contributed by atoms with Gasteiger partial charge in [0.05, 0.1) is 19.1 Å². The Balaban J connectivity index is 0.000000787. The van der Waals surface area contributed by atoms with Crippen LogP contribution in [0.3, 0.4) is 0 Å². The first-order chi connectivity index (χ1) is 15.7. The van der Waals surface area contributed by atoms with E-state index in [1.165, 1.54) is 0 Å². The minimum absolute atomic E-state index is 0.0407. The van der Waals surface area contributed by atoms with E-state index in [0.717, 1.165) is 26.1 Å². The molecule has 0 amide bonds. The molecule has 5 atom stereocenters. The van der Waals surface area contributed by atoms with Crippen LogP contribution < -0.4 is 0 Å². The Morgan fingerprint density at radius 3 is 1.85 bits per heavy atom. The van der Waals surface area contributed by atoms with Crippen LogP contribution in [0.1, 0.15) is 26.7 Å². The largest absolute Gasteiger partial charge is 0.546 e. The predicted octanol–water partition coefficient (Wildman–Crippen LogP) is 1.76. The van der Waals surface area contributed by atoms with Gasteiger partial charge in [-0.2, -0.15) is 0 Å². The maximum Gasteiger partial charge on any atom is 0.546 e. The monoisotopic (exact) mass is 540 g/mol. The second-order valence-electron chi connectivity index (χ2n) is 7.61. The summed E-state index contributed by atoms with van der Waals surface area (Å²) >= 11 is 0. The van der Waals surface area contributed by atoms with Gasteiger partial charge in [0.2, 0.25) is 0 Å². The molecular weight excluding hydrogens is 497 g/mol. The Bertz CT molecular complexity index is 552. The molecule has 1 saturated carbocycles. The third-order valence-electron chi connectivity index (χ3n) is 4.90. The standard InChI is InChI=1S/C12H24O6Si4.C4H10O.C2H6O2.C2H4/c1-19-15-20(2)17-22(4,18-21(3)16-19)14-12(13)11-8-9-5-6-10(11)7-9;1-3-5-4-2;3-1-2-4;1-2/h5-6,9-11,19-21H,7-8H2,1-4H3;3-4H2,1-2H3;3-4H,1-2H2;1-2H2. The van der Waals surface area contributed by atoms with Crippen LogP contribution in [0.5, 0.6) is 0 Å². The zero-order valence-electron chi connectivity index (χ0n) is 21.0. The third kappa shape index (κ3) is 12.7. The number of allylic oxidation sites excluding steroid dienone is 2. The van der Waals surface area contributed by atoms with E-state index in [4.69, 9.17) is 35.8 Å². The number of carbonyl (C=O) groups excluding carboxylic acids is 1. The van der Waals surface area contributed by atoms with Gasteiger partial charge >= 0.3 is 27.4 Å². The Morgan fingerprint density at radius 2 is 1.52 bits per heavy atom. The van der Waals surface area contributed by atoms with Crippen LogP contribution in [0, 0.1) is 17.8 Å². The summed E-state index contributed by atoms with van der Waals surface area (Å²) in [7, 11) is -8.44. The van der Waals surface area contributed by atoms with E-state index in [9.17, 15) is 4.79 Å². The van der Waals surface area contributed by atoms with Crippen molar-refractivity contribution in [2.24, 2.45) is 17.8 Å². The van der Waals surface area contributed by atoms with E-state index in [1.54, 1.807) is 6.55 Å². The summed E-state index contributed by atoms with van der Waals surface area (Å²) in [6.07, 6.45) is 6.33. The average Bonchev–Trinajstić information content (AvgIpc) is 3.38. The summed E-state index contributed by atoms with van der Waals surface area (Å²) in [5, 5.41) is 15.2. The molecule has 9 nitrogen and oxygen atoms in total. The number of aliphatic hydroxyl groups is 2. The molecule has 33 heavy (non-hydrogen) atoms. The van der Waals surface area contributed by atoms with Gasteiger partial charge < -0.3 is 35.8 Å². The van der Waals surface area contributed by atoms with Crippen LogP contribution in [-0.2, 0) is 30.4 Å². The third-order valence-corrected chi connectivity index (χ3v) is 17.7. The highest BCUT2D eigenvalue weighted by molar-refractivity contribution is 6.78. The van der Waals surface area contributed by atoms with Crippen molar-refractivity contribution in [2.75, 3.05) is 26.4 Å². The quantitative estimate of drug-likeness (QED) is 0.398. The zero-order chi connectivity index (χ0) is 25.4. The fraction of sp³-hybridized carbons (Fsp3) is 0.750. The molecule has 3 rings (SSSR count). The molecule has 0 radical (unpaired) electrons. The summed E-state index contributed by atoms with van der Waals surface area (Å²) in [5.74, 6) is 0.657. The van der Waals surface area contributed by atoms with E-state index in [0.29, 0.717) is 11.8 Å². The fourth-order valence-electron chi connectivity index (χ4n) is 3.82. The zero-order valence-corrected chi connectivity index (χ0v) is 25.5. The highest BCUT2D eigenvalue weighted by Crippen LogP contribution is 2.44. The number of rotatable bonds is 5. The number of carbonyl (C=O) groups is 1. The minimum atomic E-state index is -3.01. The van der Waals surface area contributed by atoms with Gasteiger partial charge in [0.25, 0.3) is 15.3 Å². The molecule has 13 heteroatoms. The van der Waals surface area contributed by atoms with Gasteiger partial charge in [-0.1, -0.05) is 12.2 Å². The fourth-order valence-corrected chi connectivity index (χ4v) is 16.9. The summed E-state index contributed by atoms with van der Waals surface area (Å²) < 4.78 is 34.3. The van der Waals surface area contributed by atoms with Crippen molar-refractivity contribution in [1.82, 2.24) is 0 Å². The summed E-state index contributed by atoms with van der Waals surface area (Å²) in [4.78, 5) is 12.6. The van der Waals surface area contributed by atoms with Crippen molar-refractivity contribution >= 4 is 42.6 Å². The predicted molar refractivity (Wildman–Crippen MR) is 138 cm³/mol. The lowest BCUT2D eigenvalue weighted by molar-refractivity contribution is -0.143. The van der Waals surface area contributed by atoms with Crippen molar-refractivity contribution in [2.45, 2.75) is 52.9 Å². The maximum atomic E-state index is 12.6. The molecule has 0 aromatic rings. The highest BCUT2D eigenvalue weighted by atomic mass is 28.5. The van der Waals surface area contributed by atoms with E-state index in [1.807, 2.05) is 33.5 Å². The lowest BCUT2D eigenvalue weighted by atomic mass is 9.94. The molecule has 0 spiro atoms. The Hall–Kier alpha value is -0.462. The molecule has 0 aromatic heterocycles. The van der Waals surface area contributed by atoms with Crippen molar-refractivity contribution in [3.63, 3.8) is 0 Å². The highest BCUT2D eigenvalue weighted by Gasteiger charge is 2.49. The molecule has 2 N–H and O–H groups in total. The normalized spacial score (nSPS) is 34.3. The summed E-state index contributed by atoms with van der Waals surface area (Å²) in [6.45, 7) is 19.1. The second kappa shape index (κ2) is 17.9. The van der Waals surface area contributed by atoms with E-state index >= 15 is 0 Å². The molecule has 2 aliphatic carbocycles. The van der Waals surface area contributed by atoms with Crippen LogP contribution in [0.15, 0.2) is 25.3 Å². The molecule has 2 bridgehead atoms. The van der Waals surface area contributed by atoms with Crippen LogP contribution in [0.25, 0.3) is 0 Å². The van der Waals surface area contributed by atoms with Gasteiger partial charge in [0.15, 0.2) is 0 Å². The summed E-state index contributed by atoms with van der Waals surface area (Å²) in [6, 6.07) is 0. The Kier molecular flexibility index (Phi) is 17.6.